The maximum atomic E-state index is 5.11. The van der Waals surface area contributed by atoms with Crippen LogP contribution in [0.4, 0.5) is 0 Å². The summed E-state index contributed by atoms with van der Waals surface area (Å²) in [6.45, 7) is 0. The second-order valence-corrected chi connectivity index (χ2v) is 9.88. The quantitative estimate of drug-likeness (QED) is 0.305. The lowest BCUT2D eigenvalue weighted by Crippen LogP contribution is -2.27. The lowest BCUT2D eigenvalue weighted by molar-refractivity contribution is 0.131. The third-order valence-corrected chi connectivity index (χ3v) is 7.72. The van der Waals surface area contributed by atoms with Gasteiger partial charge in [0.15, 0.2) is 0 Å². The van der Waals surface area contributed by atoms with E-state index in [9.17, 15) is 0 Å². The summed E-state index contributed by atoms with van der Waals surface area (Å²) in [5.74, 6) is 3.29. The zero-order valence-electron chi connectivity index (χ0n) is 14.7. The summed E-state index contributed by atoms with van der Waals surface area (Å²) in [5, 5.41) is 0. The summed E-state index contributed by atoms with van der Waals surface area (Å²) in [6.07, 6.45) is 25.6. The molecule has 0 N–H and O–H groups in total. The molecule has 2 heteroatoms. The van der Waals surface area contributed by atoms with Gasteiger partial charge in [0.1, 0.15) is 0 Å². The predicted molar refractivity (Wildman–Crippen MR) is 106 cm³/mol. The molecule has 1 unspecified atom stereocenters. The van der Waals surface area contributed by atoms with E-state index in [1.807, 2.05) is 0 Å². The highest BCUT2D eigenvalue weighted by Gasteiger charge is 2.30. The van der Waals surface area contributed by atoms with Crippen LogP contribution >= 0.6 is 7.36 Å². The van der Waals surface area contributed by atoms with Crippen molar-refractivity contribution < 1.29 is 0 Å². The van der Waals surface area contributed by atoms with Crippen LogP contribution in [0.3, 0.4) is 0 Å². The first-order chi connectivity index (χ1) is 10.9. The van der Waals surface area contributed by atoms with E-state index >= 15 is 0 Å². The van der Waals surface area contributed by atoms with Crippen LogP contribution in [0, 0.1) is 17.8 Å². The smallest absolute Gasteiger partial charge is 0.0286 e. The molecule has 2 aliphatic carbocycles. The van der Waals surface area contributed by atoms with Gasteiger partial charge in [0, 0.05) is 0 Å². The van der Waals surface area contributed by atoms with Gasteiger partial charge in [-0.3, -0.25) is 0 Å². The summed E-state index contributed by atoms with van der Waals surface area (Å²) in [6, 6.07) is 0. The molecule has 0 nitrogen and oxygen atoms in total. The van der Waals surface area contributed by atoms with Crippen LogP contribution in [0.2, 0.25) is 0 Å². The normalized spacial score (nSPS) is 22.0. The van der Waals surface area contributed by atoms with Crippen molar-refractivity contribution >= 4 is 19.2 Å². The molecule has 2 fully saturated rings. The van der Waals surface area contributed by atoms with E-state index in [1.165, 1.54) is 76.8 Å². The van der Waals surface area contributed by atoms with Crippen LogP contribution in [0.25, 0.3) is 0 Å². The highest BCUT2D eigenvalue weighted by Crippen LogP contribution is 2.42. The predicted octanol–water partition coefficient (Wildman–Crippen LogP) is 6.98. The van der Waals surface area contributed by atoms with Gasteiger partial charge >= 0.3 is 0 Å². The molecule has 0 aliphatic heterocycles. The van der Waals surface area contributed by atoms with Crippen LogP contribution in [0.15, 0.2) is 0 Å². The van der Waals surface area contributed by atoms with E-state index in [2.05, 4.69) is 0 Å². The van der Waals surface area contributed by atoms with Gasteiger partial charge in [0.25, 0.3) is 0 Å². The van der Waals surface area contributed by atoms with Crippen molar-refractivity contribution in [3.05, 3.63) is 0 Å². The molecule has 0 amide bonds. The van der Waals surface area contributed by atoms with Crippen molar-refractivity contribution in [3.8, 4) is 0 Å². The van der Waals surface area contributed by atoms with Crippen LogP contribution in [-0.2, 0) is 11.8 Å². The van der Waals surface area contributed by atoms with Gasteiger partial charge in [-0.15, -0.1) is 11.8 Å². The second-order valence-electron chi connectivity index (χ2n) is 7.97. The van der Waals surface area contributed by atoms with Gasteiger partial charge in [0.05, 0.1) is 0 Å². The number of unbranched alkanes of at least 4 members (excludes halogenated alkanes) is 4. The molecular formula is C20H39PS. The molecule has 22 heavy (non-hydrogen) atoms. The van der Waals surface area contributed by atoms with Crippen LogP contribution in [-0.4, -0.2) is 6.16 Å². The van der Waals surface area contributed by atoms with E-state index < -0.39 is 0 Å². The van der Waals surface area contributed by atoms with E-state index in [0.717, 1.165) is 17.8 Å². The lowest BCUT2D eigenvalue weighted by atomic mass is 9.68. The highest BCUT2D eigenvalue weighted by atomic mass is 32.4. The molecule has 0 heterocycles. The molecular weight excluding hydrogens is 303 g/mol. The number of rotatable bonds is 10. The first-order valence-electron chi connectivity index (χ1n) is 10.4. The van der Waals surface area contributed by atoms with E-state index in [0.29, 0.717) is 7.36 Å². The van der Waals surface area contributed by atoms with Crippen molar-refractivity contribution in [2.24, 2.45) is 17.8 Å². The summed E-state index contributed by atoms with van der Waals surface area (Å²) in [7, 11) is 0.336. The molecule has 2 saturated carbocycles. The Morgan fingerprint density at radius 2 is 1.18 bits per heavy atom. The summed E-state index contributed by atoms with van der Waals surface area (Å²) in [5.41, 5.74) is 0. The summed E-state index contributed by atoms with van der Waals surface area (Å²) in [4.78, 5) is 0. The van der Waals surface area contributed by atoms with Crippen molar-refractivity contribution in [1.29, 1.82) is 0 Å². The molecule has 0 aromatic carbocycles. The van der Waals surface area contributed by atoms with Gasteiger partial charge in [0.2, 0.25) is 0 Å². The molecule has 0 bridgehead atoms. The third-order valence-electron chi connectivity index (χ3n) is 6.37. The van der Waals surface area contributed by atoms with E-state index in [1.54, 1.807) is 32.1 Å². The van der Waals surface area contributed by atoms with Gasteiger partial charge in [-0.05, 0) is 36.8 Å². The van der Waals surface area contributed by atoms with Gasteiger partial charge < -0.3 is 0 Å². The Balaban J connectivity index is 1.70. The molecule has 2 aliphatic rings. The van der Waals surface area contributed by atoms with Gasteiger partial charge in [-0.2, -0.15) is 0 Å². The molecule has 0 saturated heterocycles. The Morgan fingerprint density at radius 1 is 0.682 bits per heavy atom. The lowest BCUT2D eigenvalue weighted by Gasteiger charge is -2.38. The Bertz CT molecular complexity index is 261. The fourth-order valence-electron chi connectivity index (χ4n) is 5.12. The Morgan fingerprint density at radius 3 is 1.73 bits per heavy atom. The number of hydrogen-bond acceptors (Lipinski definition) is 1. The average molecular weight is 343 g/mol. The molecule has 1 atom stereocenters. The largest absolute Gasteiger partial charge is 0.104 e. The molecule has 130 valence electrons. The van der Waals surface area contributed by atoms with Gasteiger partial charge in [-0.1, -0.05) is 97.2 Å². The Labute approximate surface area is 146 Å². The number of hydrogen-bond donors (Lipinski definition) is 0. The van der Waals surface area contributed by atoms with Crippen molar-refractivity contribution in [1.82, 2.24) is 0 Å². The minimum Gasteiger partial charge on any atom is -0.104 e. The monoisotopic (exact) mass is 342 g/mol. The first-order valence-corrected chi connectivity index (χ1v) is 13.1. The third kappa shape index (κ3) is 7.04. The zero-order chi connectivity index (χ0) is 15.5. The highest BCUT2D eigenvalue weighted by molar-refractivity contribution is 7.96. The minimum absolute atomic E-state index is 0.336. The Kier molecular flexibility index (Phi) is 10.4. The molecule has 0 aromatic rings. The first kappa shape index (κ1) is 19.0. The minimum atomic E-state index is 0.336. The average Bonchev–Trinajstić information content (AvgIpc) is 2.59. The van der Waals surface area contributed by atoms with E-state index in [-0.39, 0.29) is 0 Å². The second kappa shape index (κ2) is 12.1. The van der Waals surface area contributed by atoms with Crippen molar-refractivity contribution in [2.75, 3.05) is 6.16 Å². The molecule has 0 radical (unpaired) electrons. The SMILES string of the molecule is S=[PH2]CCCCCCCC(C1CCCCC1)C1CCCCC1. The molecule has 2 rings (SSSR count). The van der Waals surface area contributed by atoms with Gasteiger partial charge in [-0.25, -0.2) is 0 Å². The molecule has 0 aromatic heterocycles. The van der Waals surface area contributed by atoms with Crippen LogP contribution < -0.4 is 0 Å². The van der Waals surface area contributed by atoms with E-state index in [4.69, 9.17) is 11.8 Å². The Hall–Kier alpha value is 0.650. The zero-order valence-corrected chi connectivity index (χ0v) is 16.7. The van der Waals surface area contributed by atoms with Crippen molar-refractivity contribution in [2.45, 2.75) is 103 Å². The maximum absolute atomic E-state index is 5.11. The fraction of sp³-hybridized carbons (Fsp3) is 1.00. The van der Waals surface area contributed by atoms with Crippen molar-refractivity contribution in [3.63, 3.8) is 0 Å². The van der Waals surface area contributed by atoms with Crippen LogP contribution in [0.5, 0.6) is 0 Å². The summed E-state index contributed by atoms with van der Waals surface area (Å²) >= 11 is 5.11. The fourth-order valence-corrected chi connectivity index (χ4v) is 6.07. The topological polar surface area (TPSA) is 0 Å². The summed E-state index contributed by atoms with van der Waals surface area (Å²) < 4.78 is 0. The molecule has 0 spiro atoms. The standard InChI is InChI=1S/C20H39PS/c22-21-17-11-3-1-2-10-16-20(18-12-6-4-7-13-18)19-14-8-5-9-15-19/h18-20H,1-17,21H2. The van der Waals surface area contributed by atoms with Crippen LogP contribution in [0.1, 0.15) is 103 Å². The maximum Gasteiger partial charge on any atom is -0.0286 e.